The number of halogens is 1. The van der Waals surface area contributed by atoms with Crippen molar-refractivity contribution < 1.29 is 0 Å². The number of hydrogen-bond acceptors (Lipinski definition) is 2. The number of nitrogens with one attached hydrogen (secondary N) is 1. The summed E-state index contributed by atoms with van der Waals surface area (Å²) in [5, 5.41) is 7.94. The molecule has 1 unspecified atom stereocenters. The standard InChI is InChI=1S/C17H22BrNS/c1-2-19-12-16(7-6-14-8-9-20-13-14)10-15-4-3-5-17(18)11-15/h3-5,8-9,11,13,16,19H,2,6-7,10,12H2,1H3. The highest BCUT2D eigenvalue weighted by Crippen LogP contribution is 2.19. The molecule has 0 aliphatic carbocycles. The predicted octanol–water partition coefficient (Wildman–Crippen LogP) is 4.91. The Kier molecular flexibility index (Phi) is 6.77. The van der Waals surface area contributed by atoms with Gasteiger partial charge in [0.15, 0.2) is 0 Å². The molecule has 0 saturated carbocycles. The van der Waals surface area contributed by atoms with Crippen LogP contribution in [0.2, 0.25) is 0 Å². The van der Waals surface area contributed by atoms with Crippen LogP contribution < -0.4 is 5.32 Å². The molecule has 1 heterocycles. The van der Waals surface area contributed by atoms with E-state index in [0.29, 0.717) is 5.92 Å². The summed E-state index contributed by atoms with van der Waals surface area (Å²) in [6.45, 7) is 4.33. The molecule has 0 aliphatic heterocycles. The fourth-order valence-electron chi connectivity index (χ4n) is 2.43. The van der Waals surface area contributed by atoms with Crippen LogP contribution in [0.15, 0.2) is 45.6 Å². The molecule has 0 amide bonds. The van der Waals surface area contributed by atoms with Gasteiger partial charge in [-0.05, 0) is 78.4 Å². The van der Waals surface area contributed by atoms with Gasteiger partial charge in [-0.1, -0.05) is 35.0 Å². The van der Waals surface area contributed by atoms with Gasteiger partial charge in [-0.2, -0.15) is 11.3 Å². The third kappa shape index (κ3) is 5.39. The Hall–Kier alpha value is -0.640. The molecular formula is C17H22BrNS. The van der Waals surface area contributed by atoms with Crippen LogP contribution in [0.1, 0.15) is 24.5 Å². The van der Waals surface area contributed by atoms with E-state index in [9.17, 15) is 0 Å². The fourth-order valence-corrected chi connectivity index (χ4v) is 3.58. The minimum absolute atomic E-state index is 0.698. The first-order chi connectivity index (χ1) is 9.78. The van der Waals surface area contributed by atoms with Gasteiger partial charge in [0.05, 0.1) is 0 Å². The van der Waals surface area contributed by atoms with Gasteiger partial charge >= 0.3 is 0 Å². The fraction of sp³-hybridized carbons (Fsp3) is 0.412. The van der Waals surface area contributed by atoms with Crippen LogP contribution in [0.4, 0.5) is 0 Å². The summed E-state index contributed by atoms with van der Waals surface area (Å²) in [6.07, 6.45) is 3.58. The first kappa shape index (κ1) is 15.7. The Morgan fingerprint density at radius 2 is 2.15 bits per heavy atom. The van der Waals surface area contributed by atoms with E-state index in [4.69, 9.17) is 0 Å². The SMILES string of the molecule is CCNCC(CCc1ccsc1)Cc1cccc(Br)c1. The average Bonchev–Trinajstić information content (AvgIpc) is 2.95. The molecule has 1 nitrogen and oxygen atoms in total. The smallest absolute Gasteiger partial charge is 0.0177 e. The minimum atomic E-state index is 0.698. The van der Waals surface area contributed by atoms with E-state index in [1.807, 2.05) is 0 Å². The maximum absolute atomic E-state index is 3.56. The van der Waals surface area contributed by atoms with Crippen LogP contribution >= 0.6 is 27.3 Å². The second-order valence-electron chi connectivity index (χ2n) is 5.18. The van der Waals surface area contributed by atoms with Crippen molar-refractivity contribution in [3.63, 3.8) is 0 Å². The lowest BCUT2D eigenvalue weighted by Crippen LogP contribution is -2.24. The molecule has 108 valence electrons. The van der Waals surface area contributed by atoms with E-state index in [1.165, 1.54) is 28.4 Å². The first-order valence-electron chi connectivity index (χ1n) is 7.24. The lowest BCUT2D eigenvalue weighted by Gasteiger charge is -2.17. The quantitative estimate of drug-likeness (QED) is 0.712. The molecular weight excluding hydrogens is 330 g/mol. The highest BCUT2D eigenvalue weighted by atomic mass is 79.9. The van der Waals surface area contributed by atoms with E-state index in [1.54, 1.807) is 11.3 Å². The monoisotopic (exact) mass is 351 g/mol. The highest BCUT2D eigenvalue weighted by Gasteiger charge is 2.10. The zero-order valence-corrected chi connectivity index (χ0v) is 14.3. The zero-order chi connectivity index (χ0) is 14.2. The average molecular weight is 352 g/mol. The third-order valence-electron chi connectivity index (χ3n) is 3.52. The molecule has 1 N–H and O–H groups in total. The molecule has 2 rings (SSSR count). The summed E-state index contributed by atoms with van der Waals surface area (Å²) < 4.78 is 1.18. The van der Waals surface area contributed by atoms with E-state index >= 15 is 0 Å². The van der Waals surface area contributed by atoms with Crippen LogP contribution in [0.5, 0.6) is 0 Å². The van der Waals surface area contributed by atoms with Gasteiger partial charge in [-0.3, -0.25) is 0 Å². The van der Waals surface area contributed by atoms with Crippen molar-refractivity contribution in [2.75, 3.05) is 13.1 Å². The van der Waals surface area contributed by atoms with Crippen molar-refractivity contribution in [1.82, 2.24) is 5.32 Å². The van der Waals surface area contributed by atoms with Gasteiger partial charge in [0.25, 0.3) is 0 Å². The molecule has 0 spiro atoms. The first-order valence-corrected chi connectivity index (χ1v) is 8.97. The second kappa shape index (κ2) is 8.60. The molecule has 2 aromatic rings. The molecule has 1 aromatic carbocycles. The zero-order valence-electron chi connectivity index (χ0n) is 11.9. The van der Waals surface area contributed by atoms with Gasteiger partial charge in [0, 0.05) is 4.47 Å². The lowest BCUT2D eigenvalue weighted by atomic mass is 9.93. The van der Waals surface area contributed by atoms with Crippen LogP contribution in [0.3, 0.4) is 0 Å². The number of thiophene rings is 1. The van der Waals surface area contributed by atoms with Crippen molar-refractivity contribution >= 4 is 27.3 Å². The Balaban J connectivity index is 1.92. The number of hydrogen-bond donors (Lipinski definition) is 1. The van der Waals surface area contributed by atoms with E-state index in [0.717, 1.165) is 19.5 Å². The largest absolute Gasteiger partial charge is 0.317 e. The van der Waals surface area contributed by atoms with Crippen LogP contribution in [0, 0.1) is 5.92 Å². The van der Waals surface area contributed by atoms with E-state index < -0.39 is 0 Å². The minimum Gasteiger partial charge on any atom is -0.317 e. The molecule has 20 heavy (non-hydrogen) atoms. The van der Waals surface area contributed by atoms with Gasteiger partial charge < -0.3 is 5.32 Å². The number of rotatable bonds is 8. The van der Waals surface area contributed by atoms with E-state index in [-0.39, 0.29) is 0 Å². The van der Waals surface area contributed by atoms with Crippen molar-refractivity contribution in [2.45, 2.75) is 26.2 Å². The Labute approximate surface area is 134 Å². The number of benzene rings is 1. The maximum atomic E-state index is 3.56. The Morgan fingerprint density at radius 1 is 1.25 bits per heavy atom. The topological polar surface area (TPSA) is 12.0 Å². The van der Waals surface area contributed by atoms with Crippen LogP contribution in [-0.4, -0.2) is 13.1 Å². The van der Waals surface area contributed by atoms with Crippen molar-refractivity contribution in [2.24, 2.45) is 5.92 Å². The summed E-state index contributed by atoms with van der Waals surface area (Å²) in [6, 6.07) is 10.9. The molecule has 0 saturated heterocycles. The van der Waals surface area contributed by atoms with Gasteiger partial charge in [-0.15, -0.1) is 0 Å². The molecule has 0 radical (unpaired) electrons. The summed E-state index contributed by atoms with van der Waals surface area (Å²) in [7, 11) is 0. The van der Waals surface area contributed by atoms with Crippen molar-refractivity contribution in [3.8, 4) is 0 Å². The third-order valence-corrected chi connectivity index (χ3v) is 4.74. The molecule has 1 atom stereocenters. The Morgan fingerprint density at radius 3 is 2.85 bits per heavy atom. The normalized spacial score (nSPS) is 12.5. The molecule has 3 heteroatoms. The van der Waals surface area contributed by atoms with Gasteiger partial charge in [0.1, 0.15) is 0 Å². The van der Waals surface area contributed by atoms with Gasteiger partial charge in [0.2, 0.25) is 0 Å². The van der Waals surface area contributed by atoms with Crippen LogP contribution in [0.25, 0.3) is 0 Å². The Bertz CT molecular complexity index is 495. The summed E-state index contributed by atoms with van der Waals surface area (Å²) in [4.78, 5) is 0. The molecule has 0 bridgehead atoms. The summed E-state index contributed by atoms with van der Waals surface area (Å²) >= 11 is 5.35. The number of aryl methyl sites for hydroxylation is 1. The second-order valence-corrected chi connectivity index (χ2v) is 6.87. The summed E-state index contributed by atoms with van der Waals surface area (Å²) in [5.41, 5.74) is 2.90. The molecule has 0 aliphatic rings. The predicted molar refractivity (Wildman–Crippen MR) is 92.5 cm³/mol. The maximum Gasteiger partial charge on any atom is 0.0177 e. The highest BCUT2D eigenvalue weighted by molar-refractivity contribution is 9.10. The van der Waals surface area contributed by atoms with Crippen LogP contribution in [-0.2, 0) is 12.8 Å². The van der Waals surface area contributed by atoms with Crippen molar-refractivity contribution in [3.05, 3.63) is 56.7 Å². The van der Waals surface area contributed by atoms with Crippen molar-refractivity contribution in [1.29, 1.82) is 0 Å². The summed E-state index contributed by atoms with van der Waals surface area (Å²) in [5.74, 6) is 0.698. The van der Waals surface area contributed by atoms with E-state index in [2.05, 4.69) is 69.3 Å². The molecule has 0 fully saturated rings. The van der Waals surface area contributed by atoms with Gasteiger partial charge in [-0.25, -0.2) is 0 Å². The lowest BCUT2D eigenvalue weighted by molar-refractivity contribution is 0.449. The molecule has 1 aromatic heterocycles.